The van der Waals surface area contributed by atoms with Crippen molar-refractivity contribution in [2.24, 2.45) is 5.92 Å². The summed E-state index contributed by atoms with van der Waals surface area (Å²) in [7, 11) is 0. The molecule has 0 bridgehead atoms. The Morgan fingerprint density at radius 1 is 1.25 bits per heavy atom. The number of nitrogens with one attached hydrogen (secondary N) is 1. The molecule has 1 N–H and O–H groups in total. The molecule has 2 amide bonds. The van der Waals surface area contributed by atoms with Gasteiger partial charge in [0.2, 0.25) is 11.8 Å². The molecule has 0 saturated carbocycles. The second-order valence-electron chi connectivity index (χ2n) is 6.60. The van der Waals surface area contributed by atoms with Crippen molar-refractivity contribution in [2.75, 3.05) is 18.1 Å². The van der Waals surface area contributed by atoms with Crippen LogP contribution in [-0.4, -0.2) is 29.9 Å². The maximum Gasteiger partial charge on any atom is 0.227 e. The minimum absolute atomic E-state index is 0.0627. The molecule has 1 saturated heterocycles. The van der Waals surface area contributed by atoms with E-state index in [2.05, 4.69) is 10.3 Å². The zero-order chi connectivity index (χ0) is 19.5. The van der Waals surface area contributed by atoms with Crippen LogP contribution in [0, 0.1) is 5.92 Å². The minimum atomic E-state index is -0.378. The number of carbonyl (C=O) groups excluding carboxylic acids is 2. The van der Waals surface area contributed by atoms with E-state index in [0.717, 1.165) is 20.9 Å². The zero-order valence-electron chi connectivity index (χ0n) is 15.6. The topological polar surface area (TPSA) is 71.5 Å². The van der Waals surface area contributed by atoms with Gasteiger partial charge in [0.15, 0.2) is 0 Å². The van der Waals surface area contributed by atoms with Crippen molar-refractivity contribution in [1.29, 1.82) is 0 Å². The third kappa shape index (κ3) is 3.71. The lowest BCUT2D eigenvalue weighted by Gasteiger charge is -2.20. The van der Waals surface area contributed by atoms with Gasteiger partial charge in [-0.1, -0.05) is 24.3 Å². The average Bonchev–Trinajstić information content (AvgIpc) is 3.30. The van der Waals surface area contributed by atoms with Gasteiger partial charge in [0, 0.05) is 13.0 Å². The lowest BCUT2D eigenvalue weighted by atomic mass is 10.1. The van der Waals surface area contributed by atoms with Crippen LogP contribution in [0.1, 0.15) is 18.4 Å². The van der Waals surface area contributed by atoms with Gasteiger partial charge in [-0.15, -0.1) is 11.3 Å². The molecule has 2 heterocycles. The van der Waals surface area contributed by atoms with E-state index < -0.39 is 0 Å². The summed E-state index contributed by atoms with van der Waals surface area (Å²) in [5.41, 5.74) is 1.65. The zero-order valence-corrected chi connectivity index (χ0v) is 16.4. The van der Waals surface area contributed by atoms with Crippen molar-refractivity contribution in [3.05, 3.63) is 53.5 Å². The Hall–Kier alpha value is -2.93. The van der Waals surface area contributed by atoms with Crippen LogP contribution in [0.3, 0.4) is 0 Å². The highest BCUT2D eigenvalue weighted by molar-refractivity contribution is 7.18. The molecular formula is C21H21N3O3S. The van der Waals surface area contributed by atoms with Gasteiger partial charge in [-0.3, -0.25) is 9.59 Å². The quantitative estimate of drug-likeness (QED) is 0.695. The van der Waals surface area contributed by atoms with Gasteiger partial charge in [-0.25, -0.2) is 4.98 Å². The highest BCUT2D eigenvalue weighted by Gasteiger charge is 2.36. The first kappa shape index (κ1) is 18.4. The van der Waals surface area contributed by atoms with Gasteiger partial charge >= 0.3 is 0 Å². The number of thiazole rings is 1. The highest BCUT2D eigenvalue weighted by atomic mass is 32.1. The summed E-state index contributed by atoms with van der Waals surface area (Å²) >= 11 is 1.57. The number of anilines is 1. The number of rotatable bonds is 6. The molecule has 0 aliphatic carbocycles. The van der Waals surface area contributed by atoms with Crippen molar-refractivity contribution in [3.63, 3.8) is 0 Å². The number of fused-ring (bicyclic) bond motifs is 1. The predicted molar refractivity (Wildman–Crippen MR) is 110 cm³/mol. The first-order valence-electron chi connectivity index (χ1n) is 9.30. The SMILES string of the molecule is CCOc1ccccc1N1CC(C(=O)NCc2nc3ccccc3s2)CC1=O. The average molecular weight is 395 g/mol. The van der Waals surface area contributed by atoms with Gasteiger partial charge in [-0.05, 0) is 31.2 Å². The van der Waals surface area contributed by atoms with E-state index in [1.165, 1.54) is 0 Å². The normalized spacial score (nSPS) is 16.5. The number of carbonyl (C=O) groups is 2. The monoisotopic (exact) mass is 395 g/mol. The fourth-order valence-electron chi connectivity index (χ4n) is 3.38. The highest BCUT2D eigenvalue weighted by Crippen LogP contribution is 2.33. The maximum atomic E-state index is 12.6. The smallest absolute Gasteiger partial charge is 0.227 e. The Kier molecular flexibility index (Phi) is 5.25. The number of hydrogen-bond donors (Lipinski definition) is 1. The van der Waals surface area contributed by atoms with Crippen LogP contribution in [0.15, 0.2) is 48.5 Å². The molecule has 6 nitrogen and oxygen atoms in total. The Morgan fingerprint density at radius 2 is 2.04 bits per heavy atom. The second kappa shape index (κ2) is 7.98. The third-order valence-corrected chi connectivity index (χ3v) is 5.74. The van der Waals surface area contributed by atoms with E-state index in [-0.39, 0.29) is 24.2 Å². The summed E-state index contributed by atoms with van der Waals surface area (Å²) in [6, 6.07) is 15.3. The molecule has 1 aromatic heterocycles. The van der Waals surface area contributed by atoms with E-state index >= 15 is 0 Å². The number of para-hydroxylation sites is 3. The molecular weight excluding hydrogens is 374 g/mol. The van der Waals surface area contributed by atoms with E-state index in [0.29, 0.717) is 25.4 Å². The molecule has 1 fully saturated rings. The van der Waals surface area contributed by atoms with Crippen LogP contribution < -0.4 is 15.0 Å². The molecule has 0 spiro atoms. The van der Waals surface area contributed by atoms with Crippen LogP contribution in [0.2, 0.25) is 0 Å². The van der Waals surface area contributed by atoms with Crippen LogP contribution >= 0.6 is 11.3 Å². The van der Waals surface area contributed by atoms with Crippen molar-refractivity contribution in [3.8, 4) is 5.75 Å². The van der Waals surface area contributed by atoms with Gasteiger partial charge in [0.25, 0.3) is 0 Å². The summed E-state index contributed by atoms with van der Waals surface area (Å²) in [6.07, 6.45) is 0.201. The van der Waals surface area contributed by atoms with Crippen molar-refractivity contribution in [1.82, 2.24) is 10.3 Å². The van der Waals surface area contributed by atoms with E-state index in [1.807, 2.05) is 55.5 Å². The number of amides is 2. The molecule has 1 unspecified atom stereocenters. The molecule has 28 heavy (non-hydrogen) atoms. The predicted octanol–water partition coefficient (Wildman–Crippen LogP) is 3.36. The van der Waals surface area contributed by atoms with Gasteiger partial charge in [-0.2, -0.15) is 0 Å². The van der Waals surface area contributed by atoms with Crippen LogP contribution in [-0.2, 0) is 16.1 Å². The van der Waals surface area contributed by atoms with E-state index in [4.69, 9.17) is 4.74 Å². The molecule has 4 rings (SSSR count). The summed E-state index contributed by atoms with van der Waals surface area (Å²) in [5.74, 6) is 0.0988. The molecule has 1 aliphatic rings. The molecule has 0 radical (unpaired) electrons. The summed E-state index contributed by atoms with van der Waals surface area (Å²) < 4.78 is 6.72. The number of benzene rings is 2. The van der Waals surface area contributed by atoms with E-state index in [9.17, 15) is 9.59 Å². The number of hydrogen-bond acceptors (Lipinski definition) is 5. The second-order valence-corrected chi connectivity index (χ2v) is 7.71. The largest absolute Gasteiger partial charge is 0.492 e. The Labute approximate surface area is 167 Å². The molecule has 2 aromatic carbocycles. The standard InChI is InChI=1S/C21H21N3O3S/c1-2-27-17-9-5-4-8-16(17)24-13-14(11-20(24)25)21(26)22-12-19-23-15-7-3-6-10-18(15)28-19/h3-10,14H,2,11-13H2,1H3,(H,22,26). The maximum absolute atomic E-state index is 12.6. The van der Waals surface area contributed by atoms with Crippen molar-refractivity contribution >= 4 is 39.1 Å². The molecule has 144 valence electrons. The van der Waals surface area contributed by atoms with Crippen molar-refractivity contribution < 1.29 is 14.3 Å². The van der Waals surface area contributed by atoms with Crippen molar-refractivity contribution in [2.45, 2.75) is 19.9 Å². The van der Waals surface area contributed by atoms with Gasteiger partial charge in [0.1, 0.15) is 10.8 Å². The lowest BCUT2D eigenvalue weighted by molar-refractivity contribution is -0.126. The lowest BCUT2D eigenvalue weighted by Crippen LogP contribution is -2.32. The molecule has 7 heteroatoms. The fourth-order valence-corrected chi connectivity index (χ4v) is 4.28. The van der Waals surface area contributed by atoms with Crippen LogP contribution in [0.5, 0.6) is 5.75 Å². The number of ether oxygens (including phenoxy) is 1. The summed E-state index contributed by atoms with van der Waals surface area (Å²) in [4.78, 5) is 31.3. The first-order valence-corrected chi connectivity index (χ1v) is 10.1. The Bertz CT molecular complexity index is 984. The summed E-state index contributed by atoms with van der Waals surface area (Å²) in [6.45, 7) is 3.15. The Morgan fingerprint density at radius 3 is 2.86 bits per heavy atom. The van der Waals surface area contributed by atoms with E-state index in [1.54, 1.807) is 16.2 Å². The van der Waals surface area contributed by atoms with Gasteiger partial charge < -0.3 is 15.0 Å². The summed E-state index contributed by atoms with van der Waals surface area (Å²) in [5, 5.41) is 3.79. The number of aromatic nitrogens is 1. The molecule has 1 atom stereocenters. The Balaban J connectivity index is 1.41. The number of nitrogens with zero attached hydrogens (tertiary/aromatic N) is 2. The molecule has 3 aromatic rings. The van der Waals surface area contributed by atoms with Crippen LogP contribution in [0.25, 0.3) is 10.2 Å². The fraction of sp³-hybridized carbons (Fsp3) is 0.286. The van der Waals surface area contributed by atoms with Gasteiger partial charge in [0.05, 0.1) is 35.0 Å². The minimum Gasteiger partial charge on any atom is -0.492 e. The molecule has 1 aliphatic heterocycles. The third-order valence-electron chi connectivity index (χ3n) is 4.70. The van der Waals surface area contributed by atoms with Crippen LogP contribution in [0.4, 0.5) is 5.69 Å². The first-order chi connectivity index (χ1) is 13.7.